The number of nitrogens with zero attached hydrogens (tertiary/aromatic N) is 4. The number of rotatable bonds is 5. The van der Waals surface area contributed by atoms with Gasteiger partial charge in [0, 0.05) is 25.8 Å². The fourth-order valence-electron chi connectivity index (χ4n) is 2.29. The van der Waals surface area contributed by atoms with Gasteiger partial charge < -0.3 is 10.2 Å². The quantitative estimate of drug-likeness (QED) is 0.849. The first-order chi connectivity index (χ1) is 9.63. The molecule has 0 aliphatic carbocycles. The molecule has 0 saturated carbocycles. The van der Waals surface area contributed by atoms with Crippen molar-refractivity contribution in [2.75, 3.05) is 46.3 Å². The van der Waals surface area contributed by atoms with Crippen molar-refractivity contribution in [3.63, 3.8) is 0 Å². The predicted octanol–water partition coefficient (Wildman–Crippen LogP) is 0.290. The van der Waals surface area contributed by atoms with Crippen molar-refractivity contribution in [2.45, 2.75) is 13.0 Å². The Balaban J connectivity index is 1.64. The Morgan fingerprint density at radius 2 is 2.25 bits per heavy atom. The molecule has 0 atom stereocenters. The number of nitrogens with one attached hydrogen (secondary N) is 1. The molecule has 1 aliphatic rings. The van der Waals surface area contributed by atoms with E-state index in [0.29, 0.717) is 24.7 Å². The maximum atomic E-state index is 11.9. The minimum Gasteiger partial charge on any atom is -0.353 e. The molecule has 1 amide bonds. The highest BCUT2D eigenvalue weighted by atomic mass is 35.5. The van der Waals surface area contributed by atoms with Gasteiger partial charge in [0.2, 0.25) is 5.91 Å². The summed E-state index contributed by atoms with van der Waals surface area (Å²) >= 11 is 5.78. The van der Waals surface area contributed by atoms with Crippen molar-refractivity contribution in [2.24, 2.45) is 0 Å². The third-order valence-corrected chi connectivity index (χ3v) is 3.64. The summed E-state index contributed by atoms with van der Waals surface area (Å²) in [5, 5.41) is 7.60. The van der Waals surface area contributed by atoms with E-state index >= 15 is 0 Å². The second-order valence-electron chi connectivity index (χ2n) is 5.20. The third-order valence-electron chi connectivity index (χ3n) is 3.44. The molecule has 0 spiro atoms. The van der Waals surface area contributed by atoms with E-state index in [4.69, 9.17) is 11.6 Å². The standard InChI is InChI=1S/C13H22ClN5O/c1-17-4-2-5-18(8-7-17)11-13(20)15-3-6-19-10-12(14)9-16-19/h9-10H,2-8,11H2,1H3,(H,15,20). The largest absolute Gasteiger partial charge is 0.353 e. The van der Waals surface area contributed by atoms with E-state index in [0.717, 1.165) is 32.6 Å². The molecule has 2 rings (SSSR count). The lowest BCUT2D eigenvalue weighted by molar-refractivity contribution is -0.122. The zero-order chi connectivity index (χ0) is 14.4. The van der Waals surface area contributed by atoms with E-state index in [-0.39, 0.29) is 5.91 Å². The van der Waals surface area contributed by atoms with Gasteiger partial charge in [-0.15, -0.1) is 0 Å². The van der Waals surface area contributed by atoms with Crippen LogP contribution in [-0.4, -0.2) is 71.8 Å². The Kier molecular flexibility index (Phi) is 5.82. The molecule has 0 unspecified atom stereocenters. The van der Waals surface area contributed by atoms with Crippen LogP contribution in [0.25, 0.3) is 0 Å². The maximum absolute atomic E-state index is 11.9. The predicted molar refractivity (Wildman–Crippen MR) is 78.8 cm³/mol. The van der Waals surface area contributed by atoms with Crippen LogP contribution in [0.4, 0.5) is 0 Å². The topological polar surface area (TPSA) is 53.4 Å². The highest BCUT2D eigenvalue weighted by molar-refractivity contribution is 6.30. The zero-order valence-electron chi connectivity index (χ0n) is 11.9. The first-order valence-corrected chi connectivity index (χ1v) is 7.37. The minimum atomic E-state index is 0.0767. The van der Waals surface area contributed by atoms with Gasteiger partial charge in [-0.2, -0.15) is 5.10 Å². The van der Waals surface area contributed by atoms with E-state index < -0.39 is 0 Å². The van der Waals surface area contributed by atoms with Crippen LogP contribution in [0.1, 0.15) is 6.42 Å². The molecule has 112 valence electrons. The molecule has 20 heavy (non-hydrogen) atoms. The van der Waals surface area contributed by atoms with Gasteiger partial charge in [-0.25, -0.2) is 0 Å². The molecule has 1 aromatic rings. The van der Waals surface area contributed by atoms with Crippen LogP contribution < -0.4 is 5.32 Å². The van der Waals surface area contributed by atoms with Crippen LogP contribution in [0.5, 0.6) is 0 Å². The van der Waals surface area contributed by atoms with E-state index in [2.05, 4.69) is 27.3 Å². The summed E-state index contributed by atoms with van der Waals surface area (Å²) in [4.78, 5) is 16.4. The number of hydrogen-bond acceptors (Lipinski definition) is 4. The molecule has 1 fully saturated rings. The average Bonchev–Trinajstić information content (AvgIpc) is 2.70. The van der Waals surface area contributed by atoms with Gasteiger partial charge >= 0.3 is 0 Å². The van der Waals surface area contributed by atoms with Crippen LogP contribution in [-0.2, 0) is 11.3 Å². The van der Waals surface area contributed by atoms with Crippen LogP contribution in [0.3, 0.4) is 0 Å². The highest BCUT2D eigenvalue weighted by Crippen LogP contribution is 2.04. The van der Waals surface area contributed by atoms with E-state index in [1.165, 1.54) is 0 Å². The summed E-state index contributed by atoms with van der Waals surface area (Å²) in [7, 11) is 2.12. The van der Waals surface area contributed by atoms with Crippen LogP contribution in [0.2, 0.25) is 5.02 Å². The third kappa shape index (κ3) is 5.11. The highest BCUT2D eigenvalue weighted by Gasteiger charge is 2.14. The van der Waals surface area contributed by atoms with Crippen LogP contribution in [0, 0.1) is 0 Å². The van der Waals surface area contributed by atoms with E-state index in [1.807, 2.05) is 0 Å². The Labute approximate surface area is 124 Å². The molecule has 0 bridgehead atoms. The second kappa shape index (κ2) is 7.61. The summed E-state index contributed by atoms with van der Waals surface area (Å²) in [6.45, 7) is 5.78. The number of carbonyl (C=O) groups is 1. The number of hydrogen-bond donors (Lipinski definition) is 1. The van der Waals surface area contributed by atoms with Gasteiger partial charge in [0.1, 0.15) is 0 Å². The summed E-state index contributed by atoms with van der Waals surface area (Å²) in [5.74, 6) is 0.0767. The molecular weight excluding hydrogens is 278 g/mol. The SMILES string of the molecule is CN1CCCN(CC(=O)NCCn2cc(Cl)cn2)CC1. The summed E-state index contributed by atoms with van der Waals surface area (Å²) in [5.41, 5.74) is 0. The Morgan fingerprint density at radius 3 is 3.00 bits per heavy atom. The molecule has 1 N–H and O–H groups in total. The fraction of sp³-hybridized carbons (Fsp3) is 0.692. The van der Waals surface area contributed by atoms with Crippen molar-refractivity contribution < 1.29 is 4.79 Å². The molecule has 7 heteroatoms. The lowest BCUT2D eigenvalue weighted by Gasteiger charge is -2.19. The second-order valence-corrected chi connectivity index (χ2v) is 5.64. The van der Waals surface area contributed by atoms with Crippen LogP contribution >= 0.6 is 11.6 Å². The Hall–Kier alpha value is -1.11. The fourth-order valence-corrected chi connectivity index (χ4v) is 2.44. The average molecular weight is 300 g/mol. The molecule has 6 nitrogen and oxygen atoms in total. The first kappa shape index (κ1) is 15.3. The van der Waals surface area contributed by atoms with Gasteiger partial charge in [0.05, 0.1) is 24.3 Å². The lowest BCUT2D eigenvalue weighted by Crippen LogP contribution is -2.40. The van der Waals surface area contributed by atoms with Gasteiger partial charge in [-0.3, -0.25) is 14.4 Å². The molecular formula is C13H22ClN5O. The number of aromatic nitrogens is 2. The van der Waals surface area contributed by atoms with Gasteiger partial charge in [0.25, 0.3) is 0 Å². The van der Waals surface area contributed by atoms with Crippen molar-refractivity contribution in [3.05, 3.63) is 17.4 Å². The molecule has 1 aromatic heterocycles. The normalized spacial score (nSPS) is 17.9. The van der Waals surface area contributed by atoms with Crippen molar-refractivity contribution in [1.82, 2.24) is 24.9 Å². The van der Waals surface area contributed by atoms with Crippen molar-refractivity contribution in [1.29, 1.82) is 0 Å². The number of likely N-dealkylation sites (N-methyl/N-ethyl adjacent to an activating group) is 1. The Morgan fingerprint density at radius 1 is 1.40 bits per heavy atom. The van der Waals surface area contributed by atoms with Crippen LogP contribution in [0.15, 0.2) is 12.4 Å². The van der Waals surface area contributed by atoms with E-state index in [9.17, 15) is 4.79 Å². The van der Waals surface area contributed by atoms with Crippen molar-refractivity contribution in [3.8, 4) is 0 Å². The Bertz CT molecular complexity index is 436. The monoisotopic (exact) mass is 299 g/mol. The molecule has 2 heterocycles. The lowest BCUT2D eigenvalue weighted by atomic mass is 10.4. The number of carbonyl (C=O) groups excluding carboxylic acids is 1. The smallest absolute Gasteiger partial charge is 0.234 e. The zero-order valence-corrected chi connectivity index (χ0v) is 12.6. The molecule has 1 saturated heterocycles. The summed E-state index contributed by atoms with van der Waals surface area (Å²) in [6.07, 6.45) is 4.46. The summed E-state index contributed by atoms with van der Waals surface area (Å²) in [6, 6.07) is 0. The maximum Gasteiger partial charge on any atom is 0.234 e. The van der Waals surface area contributed by atoms with Gasteiger partial charge in [0.15, 0.2) is 0 Å². The van der Waals surface area contributed by atoms with E-state index in [1.54, 1.807) is 17.1 Å². The van der Waals surface area contributed by atoms with Gasteiger partial charge in [-0.1, -0.05) is 11.6 Å². The van der Waals surface area contributed by atoms with Gasteiger partial charge in [-0.05, 0) is 26.6 Å². The number of halogens is 1. The molecule has 0 radical (unpaired) electrons. The van der Waals surface area contributed by atoms with Crippen molar-refractivity contribution >= 4 is 17.5 Å². The first-order valence-electron chi connectivity index (χ1n) is 6.99. The molecule has 0 aromatic carbocycles. The summed E-state index contributed by atoms with van der Waals surface area (Å²) < 4.78 is 1.73. The minimum absolute atomic E-state index is 0.0767. The molecule has 1 aliphatic heterocycles. The number of amides is 1.